The molecule has 3 saturated heterocycles. The number of aryl methyl sites for hydroxylation is 1. The number of likely N-dealkylation sites (tertiary alicyclic amines) is 2. The summed E-state index contributed by atoms with van der Waals surface area (Å²) < 4.78 is 19.3. The lowest BCUT2D eigenvalue weighted by atomic mass is 9.85. The van der Waals surface area contributed by atoms with Crippen LogP contribution < -0.4 is 26.0 Å². The molecule has 5 N–H and O–H groups in total. The number of rotatable bonds is 23. The van der Waals surface area contributed by atoms with Crippen molar-refractivity contribution in [1.82, 2.24) is 45.2 Å². The number of carbonyl (C=O) groups excluding carboxylic acids is 5. The lowest BCUT2D eigenvalue weighted by Crippen LogP contribution is -2.57. The van der Waals surface area contributed by atoms with Crippen LogP contribution in [0, 0.1) is 18.2 Å². The maximum absolute atomic E-state index is 14.1. The van der Waals surface area contributed by atoms with Crippen LogP contribution in [0.3, 0.4) is 0 Å². The Bertz CT molecular complexity index is 3010. The number of aliphatic hydroxyl groups excluding tert-OH is 1. The number of aromatic nitrogens is 3. The van der Waals surface area contributed by atoms with Gasteiger partial charge in [-0.25, -0.2) is 19.3 Å². The number of carbonyl (C=O) groups is 5. The maximum Gasteiger partial charge on any atom is 0.248 e. The number of piperidine rings is 1. The number of β-amino-alcohol motifs (C(OH)–C–C–N with tert-alkyl or cyclic N) is 1. The molecule has 1 unspecified atom stereocenters. The molecular weight excluding hydrogens is 1070 g/mol. The summed E-state index contributed by atoms with van der Waals surface area (Å²) in [6.07, 6.45) is 12.2. The van der Waals surface area contributed by atoms with Crippen LogP contribution in [-0.2, 0) is 30.5 Å². The fourth-order valence-electron chi connectivity index (χ4n) is 10.9. The highest BCUT2D eigenvalue weighted by molar-refractivity contribution is 7.13. The lowest BCUT2D eigenvalue weighted by Gasteiger charge is -2.42. The first-order valence-electron chi connectivity index (χ1n) is 28.3. The summed E-state index contributed by atoms with van der Waals surface area (Å²) in [4.78, 5) is 89.5. The number of nitrogens with one attached hydrogen (secondary N) is 4. The molecule has 3 atom stereocenters. The van der Waals surface area contributed by atoms with Crippen molar-refractivity contribution in [2.45, 2.75) is 129 Å². The molecule has 5 aromatic rings. The first kappa shape index (κ1) is 60.5. The molecule has 0 aliphatic carbocycles. The number of hydrogen-bond acceptors (Lipinski definition) is 14. The molecule has 81 heavy (non-hydrogen) atoms. The van der Waals surface area contributed by atoms with Crippen molar-refractivity contribution in [3.8, 4) is 16.2 Å². The van der Waals surface area contributed by atoms with Gasteiger partial charge in [-0.3, -0.25) is 33.8 Å². The summed E-state index contributed by atoms with van der Waals surface area (Å²) in [7, 11) is 1.52. The molecule has 2 aromatic heterocycles. The van der Waals surface area contributed by atoms with E-state index in [1.165, 1.54) is 36.5 Å². The Labute approximate surface area is 483 Å². The van der Waals surface area contributed by atoms with E-state index in [1.807, 2.05) is 68.4 Å². The molecule has 18 nitrogen and oxygen atoms in total. The number of aliphatic hydroxyl groups is 1. The predicted molar refractivity (Wildman–Crippen MR) is 315 cm³/mol. The lowest BCUT2D eigenvalue weighted by molar-refractivity contribution is -0.144. The fourth-order valence-corrected chi connectivity index (χ4v) is 11.9. The van der Waals surface area contributed by atoms with Crippen molar-refractivity contribution in [1.29, 1.82) is 0 Å². The number of hydrogen-bond donors (Lipinski definition) is 5. The maximum atomic E-state index is 14.1. The van der Waals surface area contributed by atoms with Gasteiger partial charge in [-0.05, 0) is 86.5 Å². The minimum Gasteiger partial charge on any atom is -0.494 e. The Morgan fingerprint density at radius 1 is 0.901 bits per heavy atom. The van der Waals surface area contributed by atoms with Crippen LogP contribution in [0.2, 0.25) is 5.02 Å². The average Bonchev–Trinajstić information content (AvgIpc) is 4.15. The Morgan fingerprint density at radius 2 is 1.62 bits per heavy atom. The first-order valence-corrected chi connectivity index (χ1v) is 29.5. The van der Waals surface area contributed by atoms with E-state index in [0.29, 0.717) is 59.3 Å². The molecule has 3 aliphatic rings. The summed E-state index contributed by atoms with van der Waals surface area (Å²) >= 11 is 7.57. The summed E-state index contributed by atoms with van der Waals surface area (Å²) in [5.74, 6) is -0.664. The minimum atomic E-state index is -0.872. The smallest absolute Gasteiger partial charge is 0.248 e. The largest absolute Gasteiger partial charge is 0.494 e. The Balaban J connectivity index is 0.673. The monoisotopic (exact) mass is 1150 g/mol. The van der Waals surface area contributed by atoms with E-state index in [2.05, 4.69) is 46.0 Å². The third kappa shape index (κ3) is 16.6. The molecule has 3 aromatic carbocycles. The highest BCUT2D eigenvalue weighted by Crippen LogP contribution is 2.34. The van der Waals surface area contributed by atoms with Crippen LogP contribution in [0.25, 0.3) is 21.3 Å². The van der Waals surface area contributed by atoms with E-state index in [4.69, 9.17) is 16.3 Å². The Kier molecular flexibility index (Phi) is 21.2. The molecule has 3 aliphatic heterocycles. The number of nitrogens with zero attached hydrogens (tertiary/aromatic N) is 7. The molecule has 3 fully saturated rings. The zero-order valence-electron chi connectivity index (χ0n) is 47.1. The second-order valence-corrected chi connectivity index (χ2v) is 23.7. The molecule has 8 rings (SSSR count). The molecule has 434 valence electrons. The van der Waals surface area contributed by atoms with E-state index in [1.54, 1.807) is 29.5 Å². The Morgan fingerprint density at radius 3 is 2.30 bits per heavy atom. The number of fused-ring (bicyclic) bond motifs is 1. The molecule has 0 saturated carbocycles. The van der Waals surface area contributed by atoms with Crippen molar-refractivity contribution >= 4 is 80.6 Å². The van der Waals surface area contributed by atoms with Crippen LogP contribution in [0.5, 0.6) is 5.75 Å². The van der Waals surface area contributed by atoms with Crippen molar-refractivity contribution < 1.29 is 38.2 Å². The normalized spacial score (nSPS) is 17.8. The van der Waals surface area contributed by atoms with Crippen LogP contribution in [0.1, 0.15) is 103 Å². The van der Waals surface area contributed by atoms with E-state index < -0.39 is 29.4 Å². The number of halogens is 2. The SMILES string of the molecule is COc1cc2ncnc(Nc3ccc(F)c(Cl)c3)c2cc1NC(=O)/C=C/CN1CCC(N2CCN(C(=O)CCCCCCCCC(=O)NC(C(=O)N3C[C@H](O)C[C@H]3C(=O)NCc3ccc(-c4scnc4C)cc3)C(C)(C)C)CC2)CC1. The number of unbranched alkanes of at least 4 members (excludes halogenated alkanes) is 5. The minimum absolute atomic E-state index is 0.0189. The Hall–Kier alpha value is -6.58. The molecular formula is C60H77ClFN11O7S. The number of ether oxygens (including phenoxy) is 1. The van der Waals surface area contributed by atoms with E-state index in [9.17, 15) is 33.5 Å². The number of anilines is 3. The van der Waals surface area contributed by atoms with Crippen LogP contribution in [0.15, 0.2) is 78.6 Å². The summed E-state index contributed by atoms with van der Waals surface area (Å²) in [5.41, 5.74) is 5.69. The second kappa shape index (κ2) is 28.4. The highest BCUT2D eigenvalue weighted by Gasteiger charge is 2.44. The van der Waals surface area contributed by atoms with Crippen molar-refractivity contribution in [3.63, 3.8) is 0 Å². The van der Waals surface area contributed by atoms with E-state index >= 15 is 0 Å². The van der Waals surface area contributed by atoms with E-state index in [0.717, 1.165) is 106 Å². The van der Waals surface area contributed by atoms with Gasteiger partial charge in [0.2, 0.25) is 29.5 Å². The number of methoxy groups -OCH3 is 1. The van der Waals surface area contributed by atoms with Gasteiger partial charge in [0, 0.05) is 94.3 Å². The molecule has 0 bridgehead atoms. The average molecular weight is 1150 g/mol. The van der Waals surface area contributed by atoms with Gasteiger partial charge >= 0.3 is 0 Å². The van der Waals surface area contributed by atoms with Crippen LogP contribution in [0.4, 0.5) is 21.6 Å². The second-order valence-electron chi connectivity index (χ2n) is 22.5. The number of benzene rings is 3. The summed E-state index contributed by atoms with van der Waals surface area (Å²) in [6.45, 7) is 13.6. The van der Waals surface area contributed by atoms with Crippen molar-refractivity contribution in [2.24, 2.45) is 5.41 Å². The van der Waals surface area contributed by atoms with Crippen LogP contribution >= 0.6 is 22.9 Å². The van der Waals surface area contributed by atoms with Gasteiger partial charge in [-0.1, -0.05) is 88.4 Å². The highest BCUT2D eigenvalue weighted by atomic mass is 35.5. The molecule has 5 amide bonds. The molecule has 0 spiro atoms. The predicted octanol–water partition coefficient (Wildman–Crippen LogP) is 8.64. The van der Waals surface area contributed by atoms with Gasteiger partial charge in [-0.15, -0.1) is 11.3 Å². The molecule has 0 radical (unpaired) electrons. The quantitative estimate of drug-likeness (QED) is 0.0306. The molecule has 5 heterocycles. The molecule has 21 heteroatoms. The van der Waals surface area contributed by atoms with Gasteiger partial charge in [0.15, 0.2) is 0 Å². The van der Waals surface area contributed by atoms with Crippen molar-refractivity contribution in [2.75, 3.05) is 70.1 Å². The van der Waals surface area contributed by atoms with Crippen LogP contribution in [-0.4, -0.2) is 153 Å². The van der Waals surface area contributed by atoms with Gasteiger partial charge in [0.1, 0.15) is 35.8 Å². The first-order chi connectivity index (χ1) is 38.9. The topological polar surface area (TPSA) is 215 Å². The number of thiazole rings is 1. The zero-order chi connectivity index (χ0) is 57.6. The van der Waals surface area contributed by atoms with Gasteiger partial charge in [0.25, 0.3) is 0 Å². The van der Waals surface area contributed by atoms with Crippen molar-refractivity contribution in [3.05, 3.63) is 101 Å². The summed E-state index contributed by atoms with van der Waals surface area (Å²) in [5, 5.41) is 23.2. The summed E-state index contributed by atoms with van der Waals surface area (Å²) in [6, 6.07) is 14.4. The van der Waals surface area contributed by atoms with E-state index in [-0.39, 0.29) is 60.5 Å². The van der Waals surface area contributed by atoms with Gasteiger partial charge in [-0.2, -0.15) is 0 Å². The number of piperazine rings is 1. The third-order valence-corrected chi connectivity index (χ3v) is 16.8. The standard InChI is InChI=1S/C60H77ClFN11O7S/c1-39-55(81-38-66-39)41-18-16-40(17-19-41)35-63-58(78)50-32-44(74)36-73(50)59(79)56(60(2,3)4)69-53(76)13-10-8-6-7-9-11-15-54(77)72-29-27-71(28-30-72)43-22-25-70(26-23-43)24-12-14-52(75)68-49-33-45-48(34-51(49)80-5)64-37-65-57(45)67-42-20-21-47(62)46(61)31-42/h12,14,16-21,31,33-34,37-38,43-44,50,56,74H,6-11,13,15,22-30,32,35-36H2,1-5H3,(H,63,78)(H,68,75)(H,69,76)(H,64,65,67)/b14-12+/t44-,50+,56?/m1/s1. The third-order valence-electron chi connectivity index (χ3n) is 15.5. The van der Waals surface area contributed by atoms with Gasteiger partial charge in [0.05, 0.1) is 45.5 Å². The number of amides is 5. The fraction of sp³-hybridized carbons (Fsp3) is 0.500. The zero-order valence-corrected chi connectivity index (χ0v) is 48.7. The van der Waals surface area contributed by atoms with Gasteiger partial charge < -0.3 is 40.9 Å².